The maximum absolute atomic E-state index is 13.9. The predicted octanol–water partition coefficient (Wildman–Crippen LogP) is 3.46. The Kier molecular flexibility index (Phi) is 4.88. The molecule has 7 nitrogen and oxygen atoms in total. The predicted molar refractivity (Wildman–Crippen MR) is 123 cm³/mol. The van der Waals surface area contributed by atoms with Crippen LogP contribution in [0.3, 0.4) is 0 Å². The summed E-state index contributed by atoms with van der Waals surface area (Å²) < 4.78 is 17.0. The molecule has 0 bridgehead atoms. The number of ether oxygens (including phenoxy) is 3. The summed E-state index contributed by atoms with van der Waals surface area (Å²) in [6.45, 7) is 0.140. The summed E-state index contributed by atoms with van der Waals surface area (Å²) >= 11 is 0. The van der Waals surface area contributed by atoms with Crippen molar-refractivity contribution in [2.45, 2.75) is 49.7 Å². The molecular formula is C27H29NO6. The first-order chi connectivity index (χ1) is 16.4. The van der Waals surface area contributed by atoms with Gasteiger partial charge in [-0.1, -0.05) is 12.1 Å². The standard InChI is InChI=1S/C27H29NO6/c1-28-23-11-17(32-2)9-10-27(23)20-13-22-21(33-14-34-22)12-19(20)25(30)18(24(27)26(28)31)8-5-15-3-6-16(29)7-4-15/h3-4,6-7,12-13,17-18,23-24,29H,5,8-11,14H2,1-2H3/t17-,18?,23-,24+,27-/m1/s1. The van der Waals surface area contributed by atoms with Gasteiger partial charge in [-0.25, -0.2) is 0 Å². The zero-order valence-corrected chi connectivity index (χ0v) is 19.5. The van der Waals surface area contributed by atoms with E-state index in [1.165, 1.54) is 0 Å². The molecule has 2 aliphatic heterocycles. The van der Waals surface area contributed by atoms with Crippen LogP contribution < -0.4 is 9.47 Å². The maximum atomic E-state index is 13.9. The van der Waals surface area contributed by atoms with Crippen LogP contribution in [0.1, 0.15) is 47.2 Å². The van der Waals surface area contributed by atoms with Gasteiger partial charge in [0.2, 0.25) is 12.7 Å². The van der Waals surface area contributed by atoms with Crippen LogP contribution in [0.2, 0.25) is 0 Å². The first-order valence-corrected chi connectivity index (χ1v) is 12.0. The number of rotatable bonds is 4. The molecule has 7 heteroatoms. The molecule has 178 valence electrons. The number of aryl methyl sites for hydroxylation is 1. The van der Waals surface area contributed by atoms with Gasteiger partial charge in [-0.15, -0.1) is 0 Å². The quantitative estimate of drug-likeness (QED) is 0.748. The van der Waals surface area contributed by atoms with E-state index in [4.69, 9.17) is 14.2 Å². The lowest BCUT2D eigenvalue weighted by molar-refractivity contribution is -0.132. The minimum absolute atomic E-state index is 0.0129. The molecule has 0 radical (unpaired) electrons. The van der Waals surface area contributed by atoms with Crippen molar-refractivity contribution in [2.24, 2.45) is 11.8 Å². The summed E-state index contributed by atoms with van der Waals surface area (Å²) in [6.07, 6.45) is 3.71. The number of nitrogens with zero attached hydrogens (tertiary/aromatic N) is 1. The molecule has 1 unspecified atom stereocenters. The Bertz CT molecular complexity index is 1160. The Labute approximate surface area is 198 Å². The molecule has 1 saturated heterocycles. The van der Waals surface area contributed by atoms with Gasteiger partial charge >= 0.3 is 0 Å². The molecule has 2 heterocycles. The summed E-state index contributed by atoms with van der Waals surface area (Å²) in [5, 5.41) is 9.62. The Hall–Kier alpha value is -3.06. The number of carbonyl (C=O) groups is 2. The van der Waals surface area contributed by atoms with Crippen LogP contribution in [0.5, 0.6) is 17.2 Å². The number of phenolic OH excluding ortho intramolecular Hbond substituents is 1. The number of hydrogen-bond acceptors (Lipinski definition) is 6. The number of likely N-dealkylation sites (tertiary alicyclic amines) is 1. The molecule has 34 heavy (non-hydrogen) atoms. The van der Waals surface area contributed by atoms with E-state index in [0.29, 0.717) is 29.9 Å². The summed E-state index contributed by atoms with van der Waals surface area (Å²) in [7, 11) is 3.60. The molecule has 1 N–H and O–H groups in total. The van der Waals surface area contributed by atoms with Crippen LogP contribution >= 0.6 is 0 Å². The van der Waals surface area contributed by atoms with E-state index in [-0.39, 0.29) is 36.4 Å². The largest absolute Gasteiger partial charge is 0.508 e. The molecule has 5 atom stereocenters. The van der Waals surface area contributed by atoms with E-state index in [2.05, 4.69) is 0 Å². The van der Waals surface area contributed by atoms with Gasteiger partial charge in [0.25, 0.3) is 0 Å². The molecule has 2 aromatic rings. The zero-order chi connectivity index (χ0) is 23.6. The number of likely N-dealkylation sites (N-methyl/N-ethyl adjacent to an activating group) is 1. The van der Waals surface area contributed by atoms with Crippen molar-refractivity contribution in [3.05, 3.63) is 53.1 Å². The number of benzene rings is 2. The fourth-order valence-electron chi connectivity index (χ4n) is 6.99. The van der Waals surface area contributed by atoms with E-state index >= 15 is 0 Å². The van der Waals surface area contributed by atoms with Crippen molar-refractivity contribution in [3.8, 4) is 17.2 Å². The van der Waals surface area contributed by atoms with Crippen LogP contribution in [-0.2, 0) is 21.4 Å². The van der Waals surface area contributed by atoms with Gasteiger partial charge in [0.15, 0.2) is 17.3 Å². The molecule has 1 saturated carbocycles. The van der Waals surface area contributed by atoms with Gasteiger partial charge in [0.05, 0.1) is 12.0 Å². The van der Waals surface area contributed by atoms with Gasteiger partial charge in [-0.05, 0) is 67.5 Å². The number of amides is 1. The second kappa shape index (κ2) is 7.73. The molecule has 1 amide bonds. The molecular weight excluding hydrogens is 434 g/mol. The monoisotopic (exact) mass is 463 g/mol. The van der Waals surface area contributed by atoms with Crippen LogP contribution in [0.4, 0.5) is 0 Å². The normalized spacial score (nSPS) is 31.3. The topological polar surface area (TPSA) is 85.3 Å². The van der Waals surface area contributed by atoms with Crippen molar-refractivity contribution in [2.75, 3.05) is 21.0 Å². The van der Waals surface area contributed by atoms with E-state index in [1.807, 2.05) is 36.2 Å². The number of Topliss-reactive ketones (excluding diaryl/α,β-unsaturated/α-hetero) is 1. The number of phenols is 1. The van der Waals surface area contributed by atoms with Crippen LogP contribution in [-0.4, -0.2) is 54.8 Å². The third-order valence-electron chi connectivity index (χ3n) is 8.63. The Morgan fingerprint density at radius 3 is 2.62 bits per heavy atom. The molecule has 2 fully saturated rings. The number of ketones is 1. The molecule has 2 aromatic carbocycles. The smallest absolute Gasteiger partial charge is 0.231 e. The fourth-order valence-corrected chi connectivity index (χ4v) is 6.99. The lowest BCUT2D eigenvalue weighted by Crippen LogP contribution is -2.54. The van der Waals surface area contributed by atoms with Gasteiger partial charge in [-0.2, -0.15) is 0 Å². The second-order valence-corrected chi connectivity index (χ2v) is 10.0. The fraction of sp³-hybridized carbons (Fsp3) is 0.481. The number of hydrogen-bond donors (Lipinski definition) is 1. The van der Waals surface area contributed by atoms with E-state index < -0.39 is 17.3 Å². The highest BCUT2D eigenvalue weighted by molar-refractivity contribution is 6.06. The minimum atomic E-state index is -0.454. The van der Waals surface area contributed by atoms with E-state index in [0.717, 1.165) is 30.4 Å². The average molecular weight is 464 g/mol. The number of carbonyl (C=O) groups excluding carboxylic acids is 2. The SMILES string of the molecule is CO[C@@H]1CC[C@]23c4cc5c(cc4C(=O)C(CCc4ccc(O)cc4)[C@H]2C(=O)N(C)[C@@H]3C1)OCO5. The first kappa shape index (κ1) is 21.5. The zero-order valence-electron chi connectivity index (χ0n) is 19.5. The van der Waals surface area contributed by atoms with Crippen molar-refractivity contribution >= 4 is 11.7 Å². The Balaban J connectivity index is 1.47. The number of fused-ring (bicyclic) bond motifs is 2. The molecule has 6 rings (SSSR count). The van der Waals surface area contributed by atoms with Gasteiger partial charge < -0.3 is 24.2 Å². The van der Waals surface area contributed by atoms with Crippen LogP contribution in [0.15, 0.2) is 36.4 Å². The molecule has 1 spiro atoms. The molecule has 0 aromatic heterocycles. The van der Waals surface area contributed by atoms with Gasteiger partial charge in [0, 0.05) is 37.1 Å². The third-order valence-corrected chi connectivity index (χ3v) is 8.63. The first-order valence-electron chi connectivity index (χ1n) is 12.0. The van der Waals surface area contributed by atoms with Crippen molar-refractivity contribution in [1.82, 2.24) is 4.90 Å². The summed E-state index contributed by atoms with van der Waals surface area (Å²) in [4.78, 5) is 29.6. The van der Waals surface area contributed by atoms with Crippen LogP contribution in [0.25, 0.3) is 0 Å². The summed E-state index contributed by atoms with van der Waals surface area (Å²) in [6, 6.07) is 10.8. The van der Waals surface area contributed by atoms with Gasteiger partial charge in [0.1, 0.15) is 5.75 Å². The van der Waals surface area contributed by atoms with E-state index in [1.54, 1.807) is 19.2 Å². The molecule has 4 aliphatic rings. The minimum Gasteiger partial charge on any atom is -0.508 e. The summed E-state index contributed by atoms with van der Waals surface area (Å²) in [5.74, 6) is 0.703. The second-order valence-electron chi connectivity index (χ2n) is 10.0. The molecule has 2 aliphatic carbocycles. The third kappa shape index (κ3) is 2.92. The summed E-state index contributed by atoms with van der Waals surface area (Å²) in [5.41, 5.74) is 2.18. The van der Waals surface area contributed by atoms with Gasteiger partial charge in [-0.3, -0.25) is 9.59 Å². The Morgan fingerprint density at radius 2 is 1.88 bits per heavy atom. The highest BCUT2D eigenvalue weighted by atomic mass is 16.7. The van der Waals surface area contributed by atoms with Crippen molar-refractivity contribution in [3.63, 3.8) is 0 Å². The van der Waals surface area contributed by atoms with Crippen molar-refractivity contribution in [1.29, 1.82) is 0 Å². The number of aromatic hydroxyl groups is 1. The highest BCUT2D eigenvalue weighted by Crippen LogP contribution is 2.60. The van der Waals surface area contributed by atoms with Crippen LogP contribution in [0, 0.1) is 11.8 Å². The Morgan fingerprint density at radius 1 is 1.15 bits per heavy atom. The average Bonchev–Trinajstić information content (AvgIpc) is 3.40. The van der Waals surface area contributed by atoms with E-state index in [9.17, 15) is 14.7 Å². The number of methoxy groups -OCH3 is 1. The lowest BCUT2D eigenvalue weighted by Gasteiger charge is -2.50. The lowest BCUT2D eigenvalue weighted by atomic mass is 9.52. The van der Waals surface area contributed by atoms with Crippen molar-refractivity contribution < 1.29 is 28.9 Å². The maximum Gasteiger partial charge on any atom is 0.231 e. The highest BCUT2D eigenvalue weighted by Gasteiger charge is 2.66.